The monoisotopic (exact) mass is 647 g/mol. The molecule has 0 aliphatic carbocycles. The number of rotatable bonds is 8. The van der Waals surface area contributed by atoms with Crippen molar-refractivity contribution in [2.24, 2.45) is 11.6 Å². The van der Waals surface area contributed by atoms with E-state index in [2.05, 4.69) is 9.72 Å². The minimum Gasteiger partial charge on any atom is -0.406 e. The van der Waals surface area contributed by atoms with Gasteiger partial charge in [0.1, 0.15) is 5.75 Å². The molecule has 3 aromatic carbocycles. The maximum Gasteiger partial charge on any atom is 0.573 e. The van der Waals surface area contributed by atoms with Crippen LogP contribution in [0.1, 0.15) is 23.5 Å². The second kappa shape index (κ2) is 11.8. The molecular formula is C27H21F8N5O3S. The number of benzene rings is 3. The third kappa shape index (κ3) is 7.11. The number of anilines is 1. The minimum absolute atomic E-state index is 0.0571. The summed E-state index contributed by atoms with van der Waals surface area (Å²) in [5.41, 5.74) is 4.22. The van der Waals surface area contributed by atoms with Gasteiger partial charge in [-0.3, -0.25) is 9.58 Å². The standard InChI is InChI=1S/C27H21F8N5O3S/c1-44(41,42)19-4-2-3-16(11-19)17-7-10-20(39-14-23(26(30,31)32)38-25(39)24(28)29)21(12-17)40(37)22(13-36)15-5-8-18(9-6-15)43-27(33,34)35/h2-14,24H,36-37H2,1H3/b22-13-. The Morgan fingerprint density at radius 3 is 2.16 bits per heavy atom. The highest BCUT2D eigenvalue weighted by atomic mass is 32.2. The van der Waals surface area contributed by atoms with E-state index in [4.69, 9.17) is 11.6 Å². The summed E-state index contributed by atoms with van der Waals surface area (Å²) >= 11 is 0. The predicted octanol–water partition coefficient (Wildman–Crippen LogP) is 6.44. The van der Waals surface area contributed by atoms with Gasteiger partial charge < -0.3 is 10.5 Å². The molecule has 0 amide bonds. The summed E-state index contributed by atoms with van der Waals surface area (Å²) in [6.45, 7) is 0. The molecule has 1 aromatic heterocycles. The first kappa shape index (κ1) is 32.3. The van der Waals surface area contributed by atoms with Gasteiger partial charge in [-0.2, -0.15) is 13.2 Å². The van der Waals surface area contributed by atoms with E-state index in [1.165, 1.54) is 42.5 Å². The fraction of sp³-hybridized carbons (Fsp3) is 0.148. The van der Waals surface area contributed by atoms with Gasteiger partial charge in [0.05, 0.1) is 22.0 Å². The number of sulfone groups is 1. The van der Waals surface area contributed by atoms with E-state index >= 15 is 0 Å². The van der Waals surface area contributed by atoms with E-state index in [-0.39, 0.29) is 33.1 Å². The average molecular weight is 648 g/mol. The first-order valence-corrected chi connectivity index (χ1v) is 14.0. The molecule has 17 heteroatoms. The van der Waals surface area contributed by atoms with Crippen LogP contribution >= 0.6 is 0 Å². The van der Waals surface area contributed by atoms with Gasteiger partial charge in [0.2, 0.25) is 0 Å². The second-order valence-corrected chi connectivity index (χ2v) is 11.2. The van der Waals surface area contributed by atoms with Crippen molar-refractivity contribution < 1.29 is 48.3 Å². The molecule has 0 spiro atoms. The van der Waals surface area contributed by atoms with E-state index in [0.29, 0.717) is 16.3 Å². The zero-order valence-electron chi connectivity index (χ0n) is 22.2. The van der Waals surface area contributed by atoms with E-state index in [9.17, 15) is 43.5 Å². The number of nitrogens with zero attached hydrogens (tertiary/aromatic N) is 3. The molecule has 0 bridgehead atoms. The second-order valence-electron chi connectivity index (χ2n) is 9.15. The summed E-state index contributed by atoms with van der Waals surface area (Å²) in [6, 6.07) is 13.6. The molecule has 0 radical (unpaired) electrons. The van der Waals surface area contributed by atoms with Gasteiger partial charge in [0, 0.05) is 24.2 Å². The summed E-state index contributed by atoms with van der Waals surface area (Å²) in [5, 5.41) is 0.821. The maximum absolute atomic E-state index is 13.9. The highest BCUT2D eigenvalue weighted by Gasteiger charge is 2.37. The molecule has 0 aliphatic rings. The Balaban J connectivity index is 1.91. The molecule has 0 unspecified atom stereocenters. The van der Waals surface area contributed by atoms with E-state index in [0.717, 1.165) is 41.7 Å². The number of nitrogens with two attached hydrogens (primary N) is 2. The number of alkyl halides is 8. The van der Waals surface area contributed by atoms with Crippen LogP contribution < -0.4 is 21.3 Å². The van der Waals surface area contributed by atoms with Crippen LogP contribution in [-0.4, -0.2) is 30.6 Å². The molecule has 0 saturated heterocycles. The number of halogens is 8. The fourth-order valence-electron chi connectivity index (χ4n) is 4.16. The molecular weight excluding hydrogens is 626 g/mol. The molecule has 0 aliphatic heterocycles. The summed E-state index contributed by atoms with van der Waals surface area (Å²) in [6.07, 6.45) is -11.2. The number of ether oxygens (including phenoxy) is 1. The molecule has 8 nitrogen and oxygen atoms in total. The molecule has 4 rings (SSSR count). The third-order valence-electron chi connectivity index (χ3n) is 6.11. The highest BCUT2D eigenvalue weighted by molar-refractivity contribution is 7.90. The maximum atomic E-state index is 13.9. The van der Waals surface area contributed by atoms with Gasteiger partial charge in [-0.1, -0.05) is 18.2 Å². The average Bonchev–Trinajstić information content (AvgIpc) is 3.39. The Hall–Kier alpha value is -4.64. The first-order valence-electron chi connectivity index (χ1n) is 12.1. The largest absolute Gasteiger partial charge is 0.573 e. The molecule has 4 N–H and O–H groups in total. The van der Waals surface area contributed by atoms with Crippen LogP contribution in [0.4, 0.5) is 40.8 Å². The van der Waals surface area contributed by atoms with Gasteiger partial charge in [-0.15, -0.1) is 13.2 Å². The Kier molecular flexibility index (Phi) is 8.66. The summed E-state index contributed by atoms with van der Waals surface area (Å²) in [5.74, 6) is 4.53. The summed E-state index contributed by atoms with van der Waals surface area (Å²) in [4.78, 5) is 3.00. The first-order chi connectivity index (χ1) is 20.4. The normalized spacial score (nSPS) is 12.9. The van der Waals surface area contributed by atoms with E-state index in [1.54, 1.807) is 0 Å². The molecule has 234 valence electrons. The Morgan fingerprint density at radius 1 is 0.977 bits per heavy atom. The lowest BCUT2D eigenvalue weighted by Gasteiger charge is -2.26. The molecule has 0 atom stereocenters. The van der Waals surface area contributed by atoms with Gasteiger partial charge in [-0.25, -0.2) is 28.0 Å². The Labute approximate surface area is 244 Å². The third-order valence-corrected chi connectivity index (χ3v) is 7.22. The quantitative estimate of drug-likeness (QED) is 0.129. The minimum atomic E-state index is -5.08. The van der Waals surface area contributed by atoms with Gasteiger partial charge >= 0.3 is 12.5 Å². The zero-order valence-corrected chi connectivity index (χ0v) is 23.1. The van der Waals surface area contributed by atoms with Crippen LogP contribution in [0.25, 0.3) is 22.5 Å². The number of aromatic nitrogens is 2. The Bertz CT molecular complexity index is 1800. The van der Waals surface area contributed by atoms with Crippen molar-refractivity contribution in [3.05, 3.63) is 96.2 Å². The highest BCUT2D eigenvalue weighted by Crippen LogP contribution is 2.38. The summed E-state index contributed by atoms with van der Waals surface area (Å²) < 4.78 is 135. The van der Waals surface area contributed by atoms with Crippen LogP contribution in [0.2, 0.25) is 0 Å². The lowest BCUT2D eigenvalue weighted by molar-refractivity contribution is -0.274. The smallest absolute Gasteiger partial charge is 0.406 e. The topological polar surface area (TPSA) is 116 Å². The van der Waals surface area contributed by atoms with Crippen LogP contribution in [0.15, 0.2) is 84.0 Å². The van der Waals surface area contributed by atoms with Crippen molar-refractivity contribution in [3.63, 3.8) is 0 Å². The van der Waals surface area contributed by atoms with Gasteiger partial charge in [-0.05, 0) is 59.7 Å². The van der Waals surface area contributed by atoms with Crippen LogP contribution in [0.3, 0.4) is 0 Å². The number of hydrazine groups is 1. The predicted molar refractivity (Wildman–Crippen MR) is 144 cm³/mol. The molecule has 44 heavy (non-hydrogen) atoms. The van der Waals surface area contributed by atoms with Crippen molar-refractivity contribution in [1.82, 2.24) is 9.55 Å². The van der Waals surface area contributed by atoms with E-state index < -0.39 is 46.1 Å². The van der Waals surface area contributed by atoms with Crippen molar-refractivity contribution in [1.29, 1.82) is 0 Å². The van der Waals surface area contributed by atoms with Crippen molar-refractivity contribution >= 4 is 21.2 Å². The lowest BCUT2D eigenvalue weighted by Crippen LogP contribution is -2.31. The van der Waals surface area contributed by atoms with Crippen molar-refractivity contribution in [2.45, 2.75) is 23.9 Å². The van der Waals surface area contributed by atoms with Crippen LogP contribution in [-0.2, 0) is 16.0 Å². The fourth-order valence-corrected chi connectivity index (χ4v) is 4.82. The van der Waals surface area contributed by atoms with Crippen LogP contribution in [0.5, 0.6) is 5.75 Å². The zero-order chi connectivity index (χ0) is 32.6. The molecule has 4 aromatic rings. The number of hydrogen-bond donors (Lipinski definition) is 2. The van der Waals surface area contributed by atoms with Crippen molar-refractivity contribution in [3.8, 4) is 22.6 Å². The van der Waals surface area contributed by atoms with Gasteiger partial charge in [0.25, 0.3) is 6.43 Å². The number of hydrogen-bond acceptors (Lipinski definition) is 7. The summed E-state index contributed by atoms with van der Waals surface area (Å²) in [7, 11) is -3.65. The molecule has 1 heterocycles. The number of imidazole rings is 1. The lowest BCUT2D eigenvalue weighted by atomic mass is 10.0. The SMILES string of the molecule is CS(=O)(=O)c1cccc(-c2ccc(-n3cc(C(F)(F)F)nc3C(F)F)c(N(N)/C(=C\N)c3ccc(OC(F)(F)F)cc3)c2)c1. The Morgan fingerprint density at radius 2 is 1.61 bits per heavy atom. The van der Waals surface area contributed by atoms with Gasteiger partial charge in [0.15, 0.2) is 21.4 Å². The molecule has 0 saturated carbocycles. The van der Waals surface area contributed by atoms with Crippen LogP contribution in [0, 0.1) is 0 Å². The van der Waals surface area contributed by atoms with E-state index in [1.807, 2.05) is 0 Å². The van der Waals surface area contributed by atoms with Crippen molar-refractivity contribution in [2.75, 3.05) is 11.3 Å². The molecule has 0 fully saturated rings.